The van der Waals surface area contributed by atoms with Gasteiger partial charge in [-0.1, -0.05) is 11.6 Å². The van der Waals surface area contributed by atoms with E-state index in [9.17, 15) is 4.79 Å². The summed E-state index contributed by atoms with van der Waals surface area (Å²) in [4.78, 5) is 13.8. The van der Waals surface area contributed by atoms with Gasteiger partial charge in [-0.2, -0.15) is 5.26 Å². The molecule has 1 rings (SSSR count). The first kappa shape index (κ1) is 17.3. The molecule has 21 heavy (non-hydrogen) atoms. The molecule has 1 aromatic carbocycles. The topological polar surface area (TPSA) is 53.3 Å². The van der Waals surface area contributed by atoms with Crippen molar-refractivity contribution in [3.63, 3.8) is 0 Å². The summed E-state index contributed by atoms with van der Waals surface area (Å²) < 4.78 is 5.56. The summed E-state index contributed by atoms with van der Waals surface area (Å²) in [5.74, 6) is 0.0655. The number of halogens is 1. The van der Waals surface area contributed by atoms with Gasteiger partial charge in [-0.3, -0.25) is 4.79 Å². The molecule has 0 fully saturated rings. The Labute approximate surface area is 131 Å². The summed E-state index contributed by atoms with van der Waals surface area (Å²) in [5, 5.41) is 9.79. The lowest BCUT2D eigenvalue weighted by molar-refractivity contribution is -0.133. The van der Waals surface area contributed by atoms with Gasteiger partial charge in [0.1, 0.15) is 11.7 Å². The molecule has 0 aliphatic carbocycles. The van der Waals surface area contributed by atoms with Crippen molar-refractivity contribution in [2.45, 2.75) is 26.7 Å². The van der Waals surface area contributed by atoms with Crippen LogP contribution in [0.5, 0.6) is 5.75 Å². The maximum Gasteiger partial charge on any atom is 0.239 e. The molecule has 0 saturated carbocycles. The van der Waals surface area contributed by atoms with Gasteiger partial charge in [0.05, 0.1) is 12.7 Å². The van der Waals surface area contributed by atoms with E-state index in [0.29, 0.717) is 37.6 Å². The van der Waals surface area contributed by atoms with Crippen molar-refractivity contribution in [2.75, 3.05) is 19.7 Å². The van der Waals surface area contributed by atoms with Crippen molar-refractivity contribution in [2.24, 2.45) is 5.92 Å². The number of carbonyl (C=O) groups excluding carboxylic acids is 1. The number of ether oxygens (including phenoxy) is 1. The van der Waals surface area contributed by atoms with Crippen molar-refractivity contribution in [1.82, 2.24) is 4.90 Å². The Kier molecular flexibility index (Phi) is 7.63. The number of benzene rings is 1. The molecule has 0 spiro atoms. The van der Waals surface area contributed by atoms with Crippen LogP contribution in [-0.4, -0.2) is 30.5 Å². The smallest absolute Gasteiger partial charge is 0.239 e. The van der Waals surface area contributed by atoms with Gasteiger partial charge < -0.3 is 9.64 Å². The number of nitriles is 1. The molecule has 0 aliphatic heterocycles. The summed E-state index contributed by atoms with van der Waals surface area (Å²) >= 11 is 5.79. The van der Waals surface area contributed by atoms with E-state index < -0.39 is 5.92 Å². The van der Waals surface area contributed by atoms with Crippen LogP contribution in [0.25, 0.3) is 0 Å². The lowest BCUT2D eigenvalue weighted by atomic mass is 10.0. The molecule has 0 bridgehead atoms. The third kappa shape index (κ3) is 5.65. The van der Waals surface area contributed by atoms with Crippen LogP contribution >= 0.6 is 11.6 Å². The van der Waals surface area contributed by atoms with E-state index in [-0.39, 0.29) is 5.91 Å². The monoisotopic (exact) mass is 308 g/mol. The van der Waals surface area contributed by atoms with E-state index in [2.05, 4.69) is 6.07 Å². The zero-order valence-electron chi connectivity index (χ0n) is 12.5. The third-order valence-corrected chi connectivity index (χ3v) is 3.50. The van der Waals surface area contributed by atoms with Gasteiger partial charge in [-0.15, -0.1) is 0 Å². The molecule has 0 saturated heterocycles. The first-order chi connectivity index (χ1) is 10.1. The Morgan fingerprint density at radius 2 is 1.95 bits per heavy atom. The van der Waals surface area contributed by atoms with E-state index >= 15 is 0 Å². The van der Waals surface area contributed by atoms with Crippen molar-refractivity contribution in [1.29, 1.82) is 5.26 Å². The first-order valence-corrected chi connectivity index (χ1v) is 7.56. The Morgan fingerprint density at radius 1 is 1.33 bits per heavy atom. The van der Waals surface area contributed by atoms with Crippen LogP contribution in [0.2, 0.25) is 5.02 Å². The second-order valence-electron chi connectivity index (χ2n) is 4.64. The molecular weight excluding hydrogens is 288 g/mol. The summed E-state index contributed by atoms with van der Waals surface area (Å²) in [6, 6.07) is 9.21. The standard InChI is InChI=1S/C16H21ClN2O2/c1-3-19(4-2)16(20)13(12-18)6-5-11-21-15-9-7-14(17)8-10-15/h7-10,13H,3-6,11H2,1-2H3. The van der Waals surface area contributed by atoms with E-state index in [1.807, 2.05) is 13.8 Å². The van der Waals surface area contributed by atoms with Gasteiger partial charge in [-0.05, 0) is 51.0 Å². The van der Waals surface area contributed by atoms with Gasteiger partial charge >= 0.3 is 0 Å². The maximum absolute atomic E-state index is 12.1. The van der Waals surface area contributed by atoms with E-state index in [1.54, 1.807) is 29.2 Å². The van der Waals surface area contributed by atoms with Crippen LogP contribution in [0.1, 0.15) is 26.7 Å². The summed E-state index contributed by atoms with van der Waals surface area (Å²) in [6.07, 6.45) is 1.17. The molecule has 1 aromatic rings. The number of carbonyl (C=O) groups is 1. The maximum atomic E-state index is 12.1. The lowest BCUT2D eigenvalue weighted by Gasteiger charge is -2.21. The Morgan fingerprint density at radius 3 is 2.48 bits per heavy atom. The Balaban J connectivity index is 2.37. The van der Waals surface area contributed by atoms with E-state index in [4.69, 9.17) is 21.6 Å². The fraction of sp³-hybridized carbons (Fsp3) is 0.500. The SMILES string of the molecule is CCN(CC)C(=O)C(C#N)CCCOc1ccc(Cl)cc1. The van der Waals surface area contributed by atoms with Crippen LogP contribution in [0, 0.1) is 17.2 Å². The number of amides is 1. The van der Waals surface area contributed by atoms with Crippen LogP contribution in [0.15, 0.2) is 24.3 Å². The lowest BCUT2D eigenvalue weighted by Crippen LogP contribution is -2.35. The van der Waals surface area contributed by atoms with E-state index in [1.165, 1.54) is 0 Å². The molecule has 0 heterocycles. The number of rotatable bonds is 8. The van der Waals surface area contributed by atoms with Gasteiger partial charge in [0, 0.05) is 18.1 Å². The zero-order valence-corrected chi connectivity index (χ0v) is 13.3. The molecule has 0 radical (unpaired) electrons. The number of nitrogens with zero attached hydrogens (tertiary/aromatic N) is 2. The minimum absolute atomic E-state index is 0.0889. The van der Waals surface area contributed by atoms with Crippen LogP contribution < -0.4 is 4.74 Å². The molecule has 0 aromatic heterocycles. The van der Waals surface area contributed by atoms with Gasteiger partial charge in [0.25, 0.3) is 0 Å². The van der Waals surface area contributed by atoms with Gasteiger partial charge in [-0.25, -0.2) is 0 Å². The molecule has 114 valence electrons. The third-order valence-electron chi connectivity index (χ3n) is 3.25. The van der Waals surface area contributed by atoms with Crippen LogP contribution in [-0.2, 0) is 4.79 Å². The highest BCUT2D eigenvalue weighted by molar-refractivity contribution is 6.30. The molecule has 5 heteroatoms. The number of hydrogen-bond acceptors (Lipinski definition) is 3. The van der Waals surface area contributed by atoms with Crippen LogP contribution in [0.3, 0.4) is 0 Å². The molecule has 1 atom stereocenters. The number of hydrogen-bond donors (Lipinski definition) is 0. The van der Waals surface area contributed by atoms with Crippen molar-refractivity contribution in [3.8, 4) is 11.8 Å². The van der Waals surface area contributed by atoms with Gasteiger partial charge in [0.2, 0.25) is 5.91 Å². The van der Waals surface area contributed by atoms with Crippen molar-refractivity contribution >= 4 is 17.5 Å². The molecule has 0 aliphatic rings. The summed E-state index contributed by atoms with van der Waals surface area (Å²) in [6.45, 7) is 5.58. The second-order valence-corrected chi connectivity index (χ2v) is 5.07. The summed E-state index contributed by atoms with van der Waals surface area (Å²) in [5.41, 5.74) is 0. The average molecular weight is 309 g/mol. The zero-order chi connectivity index (χ0) is 15.7. The largest absolute Gasteiger partial charge is 0.494 e. The highest BCUT2D eigenvalue weighted by atomic mass is 35.5. The normalized spacial score (nSPS) is 11.5. The molecule has 1 unspecified atom stereocenters. The van der Waals surface area contributed by atoms with Crippen molar-refractivity contribution in [3.05, 3.63) is 29.3 Å². The highest BCUT2D eigenvalue weighted by Gasteiger charge is 2.21. The highest BCUT2D eigenvalue weighted by Crippen LogP contribution is 2.16. The fourth-order valence-corrected chi connectivity index (χ4v) is 2.13. The quantitative estimate of drug-likeness (QED) is 0.691. The fourth-order valence-electron chi connectivity index (χ4n) is 2.01. The molecule has 1 amide bonds. The Hall–Kier alpha value is -1.73. The van der Waals surface area contributed by atoms with Gasteiger partial charge in [0.15, 0.2) is 0 Å². The molecule has 4 nitrogen and oxygen atoms in total. The first-order valence-electron chi connectivity index (χ1n) is 7.19. The Bertz CT molecular complexity index is 478. The average Bonchev–Trinajstić information content (AvgIpc) is 2.50. The van der Waals surface area contributed by atoms with Crippen molar-refractivity contribution < 1.29 is 9.53 Å². The molecular formula is C16H21ClN2O2. The van der Waals surface area contributed by atoms with Crippen LogP contribution in [0.4, 0.5) is 0 Å². The minimum atomic E-state index is -0.585. The predicted molar refractivity (Wildman–Crippen MR) is 83.2 cm³/mol. The second kappa shape index (κ2) is 9.25. The summed E-state index contributed by atoms with van der Waals surface area (Å²) in [7, 11) is 0. The predicted octanol–water partition coefficient (Wildman–Crippen LogP) is 3.51. The molecule has 0 N–H and O–H groups in total. The van der Waals surface area contributed by atoms with E-state index in [0.717, 1.165) is 5.75 Å². The minimum Gasteiger partial charge on any atom is -0.494 e.